The lowest BCUT2D eigenvalue weighted by molar-refractivity contribution is -0.129. The molecule has 1 aromatic rings. The summed E-state index contributed by atoms with van der Waals surface area (Å²) in [5.74, 6) is 0.897. The minimum Gasteiger partial charge on any atom is -0.467 e. The lowest BCUT2D eigenvalue weighted by Crippen LogP contribution is -2.34. The molecule has 3 nitrogen and oxygen atoms in total. The Hall–Kier alpha value is -1.77. The predicted molar refractivity (Wildman–Crippen MR) is 70.9 cm³/mol. The summed E-state index contributed by atoms with van der Waals surface area (Å²) in [6.45, 7) is 3.94. The molecule has 96 valence electrons. The quantitative estimate of drug-likeness (QED) is 0.588. The molecule has 1 saturated carbocycles. The van der Waals surface area contributed by atoms with Crippen LogP contribution in [0.25, 0.3) is 0 Å². The molecule has 0 N–H and O–H groups in total. The summed E-state index contributed by atoms with van der Waals surface area (Å²) in [4.78, 5) is 14.1. The molecule has 0 bridgehead atoms. The fourth-order valence-electron chi connectivity index (χ4n) is 2.04. The largest absolute Gasteiger partial charge is 0.467 e. The smallest absolute Gasteiger partial charge is 0.247 e. The number of carbonyl (C=O) groups excluding carboxylic acids is 1. The second-order valence-corrected chi connectivity index (χ2v) is 4.55. The van der Waals surface area contributed by atoms with Crippen molar-refractivity contribution in [3.63, 3.8) is 0 Å². The van der Waals surface area contributed by atoms with Gasteiger partial charge in [0.1, 0.15) is 5.76 Å². The van der Waals surface area contributed by atoms with Crippen LogP contribution in [-0.2, 0) is 4.79 Å². The highest BCUT2D eigenvalue weighted by atomic mass is 16.3. The Morgan fingerprint density at radius 3 is 2.83 bits per heavy atom. The van der Waals surface area contributed by atoms with Gasteiger partial charge >= 0.3 is 0 Å². The van der Waals surface area contributed by atoms with Crippen molar-refractivity contribution >= 4 is 5.91 Å². The van der Waals surface area contributed by atoms with Crippen molar-refractivity contribution < 1.29 is 9.21 Å². The molecule has 1 aliphatic rings. The zero-order valence-electron chi connectivity index (χ0n) is 10.9. The molecule has 3 heteroatoms. The van der Waals surface area contributed by atoms with Crippen LogP contribution in [-0.4, -0.2) is 16.8 Å². The highest BCUT2D eigenvalue weighted by Crippen LogP contribution is 2.34. The topological polar surface area (TPSA) is 33.5 Å². The van der Waals surface area contributed by atoms with Crippen LogP contribution < -0.4 is 0 Å². The third-order valence-corrected chi connectivity index (χ3v) is 3.11. The van der Waals surface area contributed by atoms with E-state index in [4.69, 9.17) is 4.42 Å². The molecule has 1 atom stereocenters. The maximum absolute atomic E-state index is 12.2. The van der Waals surface area contributed by atoms with E-state index in [9.17, 15) is 4.79 Å². The maximum Gasteiger partial charge on any atom is 0.247 e. The lowest BCUT2D eigenvalue weighted by atomic mass is 10.2. The van der Waals surface area contributed by atoms with Gasteiger partial charge in [-0.05, 0) is 38.8 Å². The lowest BCUT2D eigenvalue weighted by Gasteiger charge is -2.26. The summed E-state index contributed by atoms with van der Waals surface area (Å²) in [6, 6.07) is 4.14. The summed E-state index contributed by atoms with van der Waals surface area (Å²) >= 11 is 0. The molecule has 18 heavy (non-hydrogen) atoms. The molecule has 0 saturated heterocycles. The van der Waals surface area contributed by atoms with Gasteiger partial charge in [0, 0.05) is 12.1 Å². The number of amides is 1. The van der Waals surface area contributed by atoms with Crippen LogP contribution >= 0.6 is 0 Å². The van der Waals surface area contributed by atoms with Crippen LogP contribution in [0.15, 0.2) is 47.1 Å². The Morgan fingerprint density at radius 2 is 2.28 bits per heavy atom. The van der Waals surface area contributed by atoms with E-state index in [0.29, 0.717) is 6.04 Å². The van der Waals surface area contributed by atoms with E-state index in [0.717, 1.165) is 18.6 Å². The van der Waals surface area contributed by atoms with Crippen molar-refractivity contribution in [3.8, 4) is 0 Å². The second-order valence-electron chi connectivity index (χ2n) is 4.55. The molecule has 1 heterocycles. The molecule has 1 aromatic heterocycles. The van der Waals surface area contributed by atoms with Gasteiger partial charge in [-0.25, -0.2) is 0 Å². The van der Waals surface area contributed by atoms with E-state index in [1.807, 2.05) is 43.0 Å². The number of hydrogen-bond acceptors (Lipinski definition) is 2. The fourth-order valence-corrected chi connectivity index (χ4v) is 2.04. The van der Waals surface area contributed by atoms with Crippen LogP contribution in [0.1, 0.15) is 38.5 Å². The first-order chi connectivity index (χ1) is 8.74. The minimum atomic E-state index is -0.00439. The van der Waals surface area contributed by atoms with Gasteiger partial charge in [0.2, 0.25) is 5.91 Å². The Kier molecular flexibility index (Phi) is 4.03. The minimum absolute atomic E-state index is 0.00439. The Balaban J connectivity index is 2.10. The SMILES string of the molecule is C/C=C/C=C/C(=O)N(C1CC1)C(C)c1ccco1. The van der Waals surface area contributed by atoms with Gasteiger partial charge in [0.05, 0.1) is 12.3 Å². The molecule has 1 aliphatic carbocycles. The molecule has 0 aromatic carbocycles. The first-order valence-corrected chi connectivity index (χ1v) is 6.39. The number of rotatable bonds is 5. The van der Waals surface area contributed by atoms with Crippen LogP contribution in [0, 0.1) is 0 Å². The van der Waals surface area contributed by atoms with Crippen LogP contribution in [0.3, 0.4) is 0 Å². The van der Waals surface area contributed by atoms with Crippen molar-refractivity contribution in [2.45, 2.75) is 38.8 Å². The van der Waals surface area contributed by atoms with E-state index in [1.54, 1.807) is 18.4 Å². The van der Waals surface area contributed by atoms with Gasteiger partial charge < -0.3 is 9.32 Å². The van der Waals surface area contributed by atoms with Gasteiger partial charge in [0.25, 0.3) is 0 Å². The third-order valence-electron chi connectivity index (χ3n) is 3.11. The number of carbonyl (C=O) groups is 1. The zero-order chi connectivity index (χ0) is 13.0. The van der Waals surface area contributed by atoms with Crippen molar-refractivity contribution in [2.24, 2.45) is 0 Å². The monoisotopic (exact) mass is 245 g/mol. The maximum atomic E-state index is 12.2. The van der Waals surface area contributed by atoms with E-state index >= 15 is 0 Å². The number of allylic oxidation sites excluding steroid dienone is 3. The molecule has 1 unspecified atom stereocenters. The standard InChI is InChI=1S/C15H19NO2/c1-3-4-5-8-15(17)16(13-9-10-13)12(2)14-7-6-11-18-14/h3-8,11-13H,9-10H2,1-2H3/b4-3+,8-5+. The summed E-state index contributed by atoms with van der Waals surface area (Å²) in [7, 11) is 0. The van der Waals surface area contributed by atoms with Crippen LogP contribution in [0.5, 0.6) is 0 Å². The first kappa shape index (κ1) is 12.7. The molecule has 2 rings (SSSR count). The first-order valence-electron chi connectivity index (χ1n) is 6.39. The molecular formula is C15H19NO2. The molecule has 0 spiro atoms. The Labute approximate surface area is 108 Å². The molecule has 1 amide bonds. The molecular weight excluding hydrogens is 226 g/mol. The van der Waals surface area contributed by atoms with E-state index in [2.05, 4.69) is 0 Å². The Bertz CT molecular complexity index is 441. The third kappa shape index (κ3) is 2.92. The highest BCUT2D eigenvalue weighted by molar-refractivity contribution is 5.88. The average Bonchev–Trinajstić information content (AvgIpc) is 3.03. The van der Waals surface area contributed by atoms with E-state index < -0.39 is 0 Å². The van der Waals surface area contributed by atoms with E-state index in [1.165, 1.54) is 0 Å². The van der Waals surface area contributed by atoms with Crippen molar-refractivity contribution in [1.82, 2.24) is 4.90 Å². The summed E-state index contributed by atoms with van der Waals surface area (Å²) in [5, 5.41) is 0. The van der Waals surface area contributed by atoms with Gasteiger partial charge in [-0.2, -0.15) is 0 Å². The Morgan fingerprint density at radius 1 is 1.50 bits per heavy atom. The fraction of sp³-hybridized carbons (Fsp3) is 0.400. The van der Waals surface area contributed by atoms with Crippen molar-refractivity contribution in [2.75, 3.05) is 0 Å². The van der Waals surface area contributed by atoms with E-state index in [-0.39, 0.29) is 11.9 Å². The molecule has 0 aliphatic heterocycles. The number of furan rings is 1. The zero-order valence-corrected chi connectivity index (χ0v) is 10.9. The van der Waals surface area contributed by atoms with Gasteiger partial charge in [-0.1, -0.05) is 18.2 Å². The average molecular weight is 245 g/mol. The highest BCUT2D eigenvalue weighted by Gasteiger charge is 2.36. The van der Waals surface area contributed by atoms with Crippen molar-refractivity contribution in [1.29, 1.82) is 0 Å². The second kappa shape index (κ2) is 5.71. The predicted octanol–water partition coefficient (Wildman–Crippen LogP) is 3.46. The summed E-state index contributed by atoms with van der Waals surface area (Å²) in [5.41, 5.74) is 0. The van der Waals surface area contributed by atoms with Crippen LogP contribution in [0.4, 0.5) is 0 Å². The summed E-state index contributed by atoms with van der Waals surface area (Å²) < 4.78 is 5.40. The summed E-state index contributed by atoms with van der Waals surface area (Å²) in [6.07, 6.45) is 11.0. The van der Waals surface area contributed by atoms with Gasteiger partial charge in [-0.15, -0.1) is 0 Å². The van der Waals surface area contributed by atoms with Crippen LogP contribution in [0.2, 0.25) is 0 Å². The number of hydrogen-bond donors (Lipinski definition) is 0. The normalized spacial score (nSPS) is 17.4. The molecule has 0 radical (unpaired) electrons. The van der Waals surface area contributed by atoms with Gasteiger partial charge in [0.15, 0.2) is 0 Å². The molecule has 1 fully saturated rings. The van der Waals surface area contributed by atoms with Crippen molar-refractivity contribution in [3.05, 3.63) is 48.5 Å². The van der Waals surface area contributed by atoms with Gasteiger partial charge in [-0.3, -0.25) is 4.79 Å². The number of nitrogens with zero attached hydrogens (tertiary/aromatic N) is 1.